The highest BCUT2D eigenvalue weighted by atomic mass is 32.2. The molecule has 9 heteroatoms. The number of sulfonamides is 1. The average Bonchev–Trinajstić information content (AvgIpc) is 2.78. The van der Waals surface area contributed by atoms with E-state index in [1.165, 1.54) is 12.1 Å². The molecule has 1 amide bonds. The summed E-state index contributed by atoms with van der Waals surface area (Å²) in [6.45, 7) is 3.92. The maximum Gasteiger partial charge on any atom is 0.264 e. The van der Waals surface area contributed by atoms with Crippen LogP contribution in [0.15, 0.2) is 77.7 Å². The molecule has 1 aliphatic heterocycles. The molecular formula is C26H22N4O4S. The van der Waals surface area contributed by atoms with Crippen molar-refractivity contribution < 1.29 is 17.9 Å². The lowest BCUT2D eigenvalue weighted by molar-refractivity contribution is -0.115. The molecule has 6 bridgehead atoms. The average molecular weight is 487 g/mol. The summed E-state index contributed by atoms with van der Waals surface area (Å²) in [6, 6.07) is 20.7. The maximum absolute atomic E-state index is 13.2. The number of aromatic nitrogens is 2. The second-order valence-corrected chi connectivity index (χ2v) is 9.97. The number of rotatable bonds is 1. The van der Waals surface area contributed by atoms with E-state index in [-0.39, 0.29) is 29.1 Å². The van der Waals surface area contributed by atoms with E-state index in [2.05, 4.69) is 20.0 Å². The molecule has 0 aliphatic carbocycles. The third-order valence-corrected chi connectivity index (χ3v) is 6.91. The summed E-state index contributed by atoms with van der Waals surface area (Å²) < 4.78 is 34.8. The van der Waals surface area contributed by atoms with Gasteiger partial charge in [0.2, 0.25) is 17.7 Å². The number of hydrogen-bond acceptors (Lipinski definition) is 6. The van der Waals surface area contributed by atoms with Crippen molar-refractivity contribution in [3.05, 3.63) is 89.5 Å². The van der Waals surface area contributed by atoms with Crippen molar-refractivity contribution in [2.24, 2.45) is 0 Å². The molecule has 5 rings (SSSR count). The van der Waals surface area contributed by atoms with Crippen LogP contribution in [-0.4, -0.2) is 24.3 Å². The Kier molecular flexibility index (Phi) is 5.70. The fraction of sp³-hybridized carbons (Fsp3) is 0.115. The summed E-state index contributed by atoms with van der Waals surface area (Å²) in [7, 11) is -4.05. The van der Waals surface area contributed by atoms with Gasteiger partial charge < -0.3 is 10.1 Å². The Morgan fingerprint density at radius 2 is 1.63 bits per heavy atom. The highest BCUT2D eigenvalue weighted by Crippen LogP contribution is 2.31. The maximum atomic E-state index is 13.2. The van der Waals surface area contributed by atoms with E-state index in [1.54, 1.807) is 36.4 Å². The highest BCUT2D eigenvalue weighted by Gasteiger charge is 2.20. The second-order valence-electron chi connectivity index (χ2n) is 8.29. The molecule has 176 valence electrons. The van der Waals surface area contributed by atoms with E-state index >= 15 is 0 Å². The van der Waals surface area contributed by atoms with Gasteiger partial charge in [0, 0.05) is 17.3 Å². The number of ether oxygens (including phenoxy) is 1. The van der Waals surface area contributed by atoms with Crippen LogP contribution >= 0.6 is 0 Å². The molecule has 0 atom stereocenters. The normalized spacial score (nSPS) is 14.5. The van der Waals surface area contributed by atoms with Gasteiger partial charge >= 0.3 is 0 Å². The number of nitrogens with one attached hydrogen (secondary N) is 2. The lowest BCUT2D eigenvalue weighted by Gasteiger charge is -2.14. The molecular weight excluding hydrogens is 464 g/mol. The summed E-state index contributed by atoms with van der Waals surface area (Å²) in [5.41, 5.74) is 4.45. The van der Waals surface area contributed by atoms with Gasteiger partial charge in [0.05, 0.1) is 17.0 Å². The van der Waals surface area contributed by atoms with Crippen LogP contribution in [0.3, 0.4) is 0 Å². The van der Waals surface area contributed by atoms with E-state index in [0.717, 1.165) is 22.3 Å². The number of fused-ring (bicyclic) bond motifs is 6. The molecule has 3 aromatic carbocycles. The number of carbonyl (C=O) groups is 1. The van der Waals surface area contributed by atoms with Crippen LogP contribution < -0.4 is 14.8 Å². The molecule has 1 aliphatic rings. The number of aryl methyl sites for hydroxylation is 2. The van der Waals surface area contributed by atoms with Crippen LogP contribution in [-0.2, 0) is 21.2 Å². The van der Waals surface area contributed by atoms with Gasteiger partial charge in [0.15, 0.2) is 0 Å². The van der Waals surface area contributed by atoms with E-state index in [1.807, 2.05) is 38.1 Å². The number of anilines is 2. The van der Waals surface area contributed by atoms with Crippen LogP contribution in [0.25, 0.3) is 11.3 Å². The van der Waals surface area contributed by atoms with Gasteiger partial charge in [-0.2, -0.15) is 4.98 Å². The summed E-state index contributed by atoms with van der Waals surface area (Å²) >= 11 is 0. The number of nitrogens with zero attached hydrogens (tertiary/aromatic N) is 2. The first kappa shape index (κ1) is 22.5. The number of carbonyl (C=O) groups excluding carboxylic acids is 1. The van der Waals surface area contributed by atoms with E-state index in [0.29, 0.717) is 17.1 Å². The van der Waals surface area contributed by atoms with E-state index in [9.17, 15) is 13.2 Å². The Labute approximate surface area is 203 Å². The standard InChI is InChI=1S/C26H22N4O4S/c1-16-6-3-7-17(2)25(16)22-15-24-29-26(28-22)30-35(32,33)21-11-5-9-19(14-21)27-23(31)13-18-8-4-10-20(12-18)34-24/h3-12,14-15H,13H2,1-2H3,(H,27,31)(H,28,29,30). The summed E-state index contributed by atoms with van der Waals surface area (Å²) in [5, 5.41) is 2.74. The molecule has 2 N–H and O–H groups in total. The monoisotopic (exact) mass is 486 g/mol. The Hall–Kier alpha value is -4.24. The third-order valence-electron chi connectivity index (χ3n) is 5.58. The number of hydrogen-bond donors (Lipinski definition) is 2. The van der Waals surface area contributed by atoms with Gasteiger partial charge in [0.25, 0.3) is 10.0 Å². The topological polar surface area (TPSA) is 110 Å². The largest absolute Gasteiger partial charge is 0.439 e. The first-order valence-electron chi connectivity index (χ1n) is 10.9. The van der Waals surface area contributed by atoms with Gasteiger partial charge in [0.1, 0.15) is 5.75 Å². The van der Waals surface area contributed by atoms with Crippen LogP contribution in [0.2, 0.25) is 0 Å². The van der Waals surface area contributed by atoms with E-state index < -0.39 is 10.0 Å². The summed E-state index contributed by atoms with van der Waals surface area (Å²) in [5.74, 6) is 0.226. The summed E-state index contributed by atoms with van der Waals surface area (Å²) in [6.07, 6.45) is 0.0924. The Balaban J connectivity index is 1.70. The zero-order chi connectivity index (χ0) is 24.6. The second kappa shape index (κ2) is 8.84. The smallest absolute Gasteiger partial charge is 0.264 e. The van der Waals surface area contributed by atoms with Crippen LogP contribution in [0.4, 0.5) is 11.6 Å². The van der Waals surface area contributed by atoms with Gasteiger partial charge in [-0.05, 0) is 60.9 Å². The predicted molar refractivity (Wildman–Crippen MR) is 133 cm³/mol. The Morgan fingerprint density at radius 1 is 0.886 bits per heavy atom. The van der Waals surface area contributed by atoms with Crippen molar-refractivity contribution in [3.63, 3.8) is 0 Å². The summed E-state index contributed by atoms with van der Waals surface area (Å²) in [4.78, 5) is 21.4. The minimum atomic E-state index is -4.05. The molecule has 1 aromatic heterocycles. The highest BCUT2D eigenvalue weighted by molar-refractivity contribution is 7.92. The molecule has 0 fully saturated rings. The fourth-order valence-electron chi connectivity index (χ4n) is 4.02. The molecule has 0 radical (unpaired) electrons. The van der Waals surface area contributed by atoms with Crippen LogP contribution in [0, 0.1) is 13.8 Å². The quantitative estimate of drug-likeness (QED) is 0.398. The molecule has 8 nitrogen and oxygen atoms in total. The predicted octanol–water partition coefficient (Wildman–Crippen LogP) is 4.85. The lowest BCUT2D eigenvalue weighted by atomic mass is 10.00. The Morgan fingerprint density at radius 3 is 2.43 bits per heavy atom. The van der Waals surface area contributed by atoms with Crippen molar-refractivity contribution in [2.75, 3.05) is 10.0 Å². The van der Waals surface area contributed by atoms with Gasteiger partial charge in [-0.3, -0.25) is 4.79 Å². The lowest BCUT2D eigenvalue weighted by Crippen LogP contribution is -2.17. The van der Waals surface area contributed by atoms with Gasteiger partial charge in [-0.25, -0.2) is 18.1 Å². The molecule has 0 saturated heterocycles. The third kappa shape index (κ3) is 4.85. The first-order valence-corrected chi connectivity index (χ1v) is 12.4. The minimum Gasteiger partial charge on any atom is -0.439 e. The zero-order valence-electron chi connectivity index (χ0n) is 19.1. The van der Waals surface area contributed by atoms with E-state index in [4.69, 9.17) is 4.74 Å². The zero-order valence-corrected chi connectivity index (χ0v) is 19.9. The number of benzene rings is 3. The van der Waals surface area contributed by atoms with Crippen molar-refractivity contribution >= 4 is 27.6 Å². The van der Waals surface area contributed by atoms with Crippen molar-refractivity contribution in [3.8, 4) is 22.9 Å². The minimum absolute atomic E-state index is 0.0331. The molecule has 0 saturated carbocycles. The van der Waals surface area contributed by atoms with Crippen LogP contribution in [0.1, 0.15) is 16.7 Å². The molecule has 0 unspecified atom stereocenters. The molecule has 0 spiro atoms. The van der Waals surface area contributed by atoms with Crippen molar-refractivity contribution in [2.45, 2.75) is 25.2 Å². The van der Waals surface area contributed by atoms with Crippen molar-refractivity contribution in [1.29, 1.82) is 0 Å². The molecule has 4 aromatic rings. The van der Waals surface area contributed by atoms with Crippen molar-refractivity contribution in [1.82, 2.24) is 9.97 Å². The first-order chi connectivity index (χ1) is 16.8. The molecule has 35 heavy (non-hydrogen) atoms. The van der Waals surface area contributed by atoms with Gasteiger partial charge in [-0.15, -0.1) is 0 Å². The van der Waals surface area contributed by atoms with Gasteiger partial charge in [-0.1, -0.05) is 36.4 Å². The van der Waals surface area contributed by atoms with Crippen LogP contribution in [0.5, 0.6) is 11.6 Å². The molecule has 2 heterocycles. The number of amides is 1. The fourth-order valence-corrected chi connectivity index (χ4v) is 5.01. The Bertz CT molecular complexity index is 1550. The SMILES string of the molecule is Cc1cccc(C)c1-c1cc2nc(n1)NS(=O)(=O)c1cccc(c1)NC(=O)Cc1cccc(c1)O2.